The van der Waals surface area contributed by atoms with Crippen LogP contribution < -0.4 is 0 Å². The highest BCUT2D eigenvalue weighted by atomic mass is 19.4. The van der Waals surface area contributed by atoms with Gasteiger partial charge in [0.05, 0.1) is 57.2 Å². The SMILES string of the molecule is [C-]#[N+]c1cccc(C(F)(F)F)c1-c1c(-n2c3ccc(-c4cc(C)cc(C)c4)cc3c3cc(-c4cc(C)cc(C)c4)ccc32)cc(C#N)cc1-n1c2ccc(-c3cc(C)cc(C)c3)cc2c2cc(-c3cc(C)cc(C)c3C)ccc21. The zero-order valence-corrected chi connectivity index (χ0v) is 45.6. The number of benzene rings is 10. The van der Waals surface area contributed by atoms with E-state index in [0.29, 0.717) is 11.4 Å². The van der Waals surface area contributed by atoms with E-state index in [4.69, 9.17) is 6.57 Å². The van der Waals surface area contributed by atoms with Gasteiger partial charge in [-0.25, -0.2) is 4.85 Å². The molecule has 0 saturated carbocycles. The summed E-state index contributed by atoms with van der Waals surface area (Å²) >= 11 is 0. The zero-order valence-electron chi connectivity index (χ0n) is 45.6. The summed E-state index contributed by atoms with van der Waals surface area (Å²) in [4.78, 5) is 3.87. The smallest absolute Gasteiger partial charge is 0.309 e. The maximum absolute atomic E-state index is 16.1. The minimum Gasteiger partial charge on any atom is -0.309 e. The van der Waals surface area contributed by atoms with Crippen molar-refractivity contribution in [3.8, 4) is 73.1 Å². The van der Waals surface area contributed by atoms with Crippen molar-refractivity contribution in [1.29, 1.82) is 5.26 Å². The van der Waals surface area contributed by atoms with E-state index in [1.165, 1.54) is 17.7 Å². The van der Waals surface area contributed by atoms with Crippen LogP contribution in [0.5, 0.6) is 0 Å². The van der Waals surface area contributed by atoms with Crippen molar-refractivity contribution in [1.82, 2.24) is 9.13 Å². The van der Waals surface area contributed by atoms with Gasteiger partial charge >= 0.3 is 6.18 Å². The summed E-state index contributed by atoms with van der Waals surface area (Å²) in [7, 11) is 0. The van der Waals surface area contributed by atoms with Gasteiger partial charge in [0.25, 0.3) is 0 Å². The van der Waals surface area contributed by atoms with Gasteiger partial charge in [-0.05, 0) is 179 Å². The van der Waals surface area contributed by atoms with Gasteiger partial charge in [-0.2, -0.15) is 18.4 Å². The number of aromatic nitrogens is 2. The van der Waals surface area contributed by atoms with E-state index in [0.717, 1.165) is 139 Å². The molecule has 0 unspecified atom stereocenters. The summed E-state index contributed by atoms with van der Waals surface area (Å²) in [5, 5.41) is 14.8. The highest BCUT2D eigenvalue weighted by molar-refractivity contribution is 6.15. The number of rotatable bonds is 7. The first-order valence-electron chi connectivity index (χ1n) is 26.5. The lowest BCUT2D eigenvalue weighted by atomic mass is 9.92. The van der Waals surface area contributed by atoms with E-state index in [-0.39, 0.29) is 22.4 Å². The summed E-state index contributed by atoms with van der Waals surface area (Å²) in [5.41, 5.74) is 21.0. The summed E-state index contributed by atoms with van der Waals surface area (Å²) in [5.74, 6) is 0. The lowest BCUT2D eigenvalue weighted by Gasteiger charge is -2.24. The van der Waals surface area contributed by atoms with Crippen LogP contribution in [0.4, 0.5) is 18.9 Å². The molecular formula is C72H55F3N4. The van der Waals surface area contributed by atoms with E-state index in [1.807, 2.05) is 27.3 Å². The van der Waals surface area contributed by atoms with Crippen LogP contribution in [0.3, 0.4) is 0 Å². The first-order chi connectivity index (χ1) is 37.8. The minimum absolute atomic E-state index is 0.164. The molecular weight excluding hydrogens is 978 g/mol. The van der Waals surface area contributed by atoms with Crippen molar-refractivity contribution >= 4 is 49.3 Å². The fourth-order valence-electron chi connectivity index (χ4n) is 12.5. The third-order valence-corrected chi connectivity index (χ3v) is 15.7. The van der Waals surface area contributed by atoms with Gasteiger partial charge in [0.1, 0.15) is 0 Å². The predicted molar refractivity (Wildman–Crippen MR) is 321 cm³/mol. The zero-order chi connectivity index (χ0) is 55.3. The molecule has 12 aromatic rings. The third-order valence-electron chi connectivity index (χ3n) is 15.7. The quantitative estimate of drug-likeness (QED) is 0.147. The molecule has 2 aromatic heterocycles. The van der Waals surface area contributed by atoms with E-state index in [1.54, 1.807) is 12.1 Å². The molecule has 0 aliphatic carbocycles. The van der Waals surface area contributed by atoms with Gasteiger partial charge in [0.15, 0.2) is 5.69 Å². The second-order valence-corrected chi connectivity index (χ2v) is 21.8. The Labute approximate surface area is 458 Å². The van der Waals surface area contributed by atoms with E-state index >= 15 is 13.2 Å². The van der Waals surface area contributed by atoms with Gasteiger partial charge in [0, 0.05) is 32.7 Å². The van der Waals surface area contributed by atoms with Crippen LogP contribution in [-0.2, 0) is 6.18 Å². The molecule has 0 aliphatic heterocycles. The largest absolute Gasteiger partial charge is 0.415 e. The second kappa shape index (κ2) is 18.9. The maximum Gasteiger partial charge on any atom is 0.415 e. The average Bonchev–Trinajstić information content (AvgIpc) is 4.16. The Morgan fingerprint density at radius 2 is 0.797 bits per heavy atom. The molecule has 384 valence electrons. The van der Waals surface area contributed by atoms with Crippen molar-refractivity contribution in [3.05, 3.63) is 242 Å². The Morgan fingerprint density at radius 3 is 1.18 bits per heavy atom. The minimum atomic E-state index is -4.87. The molecule has 12 rings (SSSR count). The molecule has 4 nitrogen and oxygen atoms in total. The molecule has 0 N–H and O–H groups in total. The lowest BCUT2D eigenvalue weighted by molar-refractivity contribution is -0.137. The van der Waals surface area contributed by atoms with Gasteiger partial charge in [-0.3, -0.25) is 0 Å². The molecule has 0 fully saturated rings. The topological polar surface area (TPSA) is 38.0 Å². The monoisotopic (exact) mass is 1030 g/mol. The molecule has 0 atom stereocenters. The predicted octanol–water partition coefficient (Wildman–Crippen LogP) is 20.4. The normalized spacial score (nSPS) is 11.8. The van der Waals surface area contributed by atoms with E-state index in [2.05, 4.69) is 195 Å². The van der Waals surface area contributed by atoms with Crippen LogP contribution in [0.1, 0.15) is 61.2 Å². The van der Waals surface area contributed by atoms with Gasteiger partial charge < -0.3 is 9.13 Å². The number of fused-ring (bicyclic) bond motifs is 6. The molecule has 0 amide bonds. The molecule has 2 heterocycles. The Balaban J connectivity index is 1.25. The van der Waals surface area contributed by atoms with E-state index < -0.39 is 11.7 Å². The summed E-state index contributed by atoms with van der Waals surface area (Å²) in [6.45, 7) is 27.4. The van der Waals surface area contributed by atoms with Crippen LogP contribution >= 0.6 is 0 Å². The Morgan fingerprint density at radius 1 is 0.418 bits per heavy atom. The molecule has 0 radical (unpaired) electrons. The van der Waals surface area contributed by atoms with Crippen LogP contribution in [-0.4, -0.2) is 9.13 Å². The first-order valence-corrected chi connectivity index (χ1v) is 26.5. The highest BCUT2D eigenvalue weighted by Crippen LogP contribution is 2.51. The van der Waals surface area contributed by atoms with Crippen LogP contribution in [0.25, 0.3) is 115 Å². The Bertz CT molecular complexity index is 4490. The highest BCUT2D eigenvalue weighted by Gasteiger charge is 2.37. The number of nitriles is 1. The van der Waals surface area contributed by atoms with Gasteiger partial charge in [0.2, 0.25) is 0 Å². The fraction of sp³-hybridized carbons (Fsp3) is 0.139. The van der Waals surface area contributed by atoms with Gasteiger partial charge in [-0.15, -0.1) is 0 Å². The van der Waals surface area contributed by atoms with Crippen LogP contribution in [0, 0.1) is 80.2 Å². The summed E-state index contributed by atoms with van der Waals surface area (Å²) in [6.07, 6.45) is -4.87. The van der Waals surface area contributed by atoms with Crippen LogP contribution in [0.15, 0.2) is 170 Å². The molecule has 0 bridgehead atoms. The summed E-state index contributed by atoms with van der Waals surface area (Å²) in [6, 6.07) is 58.6. The Kier molecular flexibility index (Phi) is 12.1. The molecule has 0 spiro atoms. The molecule has 7 heteroatoms. The number of alkyl halides is 3. The second-order valence-electron chi connectivity index (χ2n) is 21.8. The van der Waals surface area contributed by atoms with Crippen molar-refractivity contribution in [2.45, 2.75) is 68.5 Å². The Hall–Kier alpha value is -9.43. The number of halogens is 3. The van der Waals surface area contributed by atoms with Crippen molar-refractivity contribution in [2.24, 2.45) is 0 Å². The molecule has 0 aliphatic rings. The van der Waals surface area contributed by atoms with Crippen molar-refractivity contribution in [2.75, 3.05) is 0 Å². The molecule has 79 heavy (non-hydrogen) atoms. The van der Waals surface area contributed by atoms with Crippen LogP contribution in [0.2, 0.25) is 0 Å². The first kappa shape index (κ1) is 50.4. The fourth-order valence-corrected chi connectivity index (χ4v) is 12.5. The van der Waals surface area contributed by atoms with Crippen molar-refractivity contribution in [3.63, 3.8) is 0 Å². The average molecular weight is 1030 g/mol. The number of hydrogen-bond acceptors (Lipinski definition) is 1. The molecule has 10 aromatic carbocycles. The number of aryl methyl sites for hydroxylation is 8. The molecule has 0 saturated heterocycles. The maximum atomic E-state index is 16.1. The summed E-state index contributed by atoms with van der Waals surface area (Å²) < 4.78 is 52.2. The van der Waals surface area contributed by atoms with Crippen molar-refractivity contribution < 1.29 is 13.2 Å². The standard InChI is InChI=1S/C72H55F3N4/c1-40-22-41(2)27-54(26-40)50-14-18-64-58(35-50)59-36-51(55-28-42(3)23-43(4)29-55)15-19-65(59)78(64)68-33-49(39-76)34-69(71(68)70-62(72(73,74)75)12-11-13-63(70)77-10)79-66-20-16-52(56-30-44(5)24-45(6)31-56)37-60(66)61-38-53(17-21-67(61)79)57-32-46(7)25-47(8)48(57)9/h11-38H,1-9H3. The lowest BCUT2D eigenvalue weighted by Crippen LogP contribution is -2.11. The third kappa shape index (κ3) is 8.73. The van der Waals surface area contributed by atoms with E-state index in [9.17, 15) is 5.26 Å². The number of hydrogen-bond donors (Lipinski definition) is 0. The van der Waals surface area contributed by atoms with Gasteiger partial charge in [-0.1, -0.05) is 148 Å². The number of nitrogens with zero attached hydrogens (tertiary/aromatic N) is 4.